The lowest BCUT2D eigenvalue weighted by Gasteiger charge is -2.15. The van der Waals surface area contributed by atoms with Gasteiger partial charge in [0.25, 0.3) is 0 Å². The van der Waals surface area contributed by atoms with Crippen LogP contribution in [-0.4, -0.2) is 4.98 Å². The van der Waals surface area contributed by atoms with E-state index in [1.165, 1.54) is 23.5 Å². The summed E-state index contributed by atoms with van der Waals surface area (Å²) in [7, 11) is 0. The molecule has 1 aromatic heterocycles. The van der Waals surface area contributed by atoms with Gasteiger partial charge in [0.05, 0.1) is 11.6 Å². The number of ether oxygens (including phenoxy) is 1. The smallest absolute Gasteiger partial charge is 0.200 e. The normalized spacial score (nSPS) is 12.4. The average Bonchev–Trinajstić information content (AvgIpc) is 2.89. The van der Waals surface area contributed by atoms with Crippen LogP contribution < -0.4 is 4.74 Å². The van der Waals surface area contributed by atoms with Gasteiger partial charge >= 0.3 is 0 Å². The summed E-state index contributed by atoms with van der Waals surface area (Å²) >= 11 is 7.09. The van der Waals surface area contributed by atoms with E-state index >= 15 is 0 Å². The molecule has 6 heteroatoms. The van der Waals surface area contributed by atoms with Gasteiger partial charge < -0.3 is 4.74 Å². The minimum atomic E-state index is -0.977. The molecule has 0 N–H and O–H groups in total. The maximum absolute atomic E-state index is 13.5. The van der Waals surface area contributed by atoms with Crippen molar-refractivity contribution in [1.82, 2.24) is 4.98 Å². The number of hydrogen-bond donors (Lipinski definition) is 0. The van der Waals surface area contributed by atoms with E-state index in [1.807, 2.05) is 12.3 Å². The highest BCUT2D eigenvalue weighted by molar-refractivity contribution is 7.09. The molecular weight excluding hydrogens is 292 g/mol. The summed E-state index contributed by atoms with van der Waals surface area (Å²) in [6.07, 6.45) is 0.198. The van der Waals surface area contributed by atoms with Crippen LogP contribution in [0.5, 0.6) is 5.75 Å². The Morgan fingerprint density at radius 1 is 1.42 bits per heavy atom. The summed E-state index contributed by atoms with van der Waals surface area (Å²) in [6, 6.07) is 3.86. The summed E-state index contributed by atoms with van der Waals surface area (Å²) in [6.45, 7) is 1.89. The number of benzene rings is 1. The highest BCUT2D eigenvalue weighted by Crippen LogP contribution is 2.29. The second-order valence-corrected chi connectivity index (χ2v) is 5.03. The first kappa shape index (κ1) is 14.2. The molecule has 0 spiro atoms. The van der Waals surface area contributed by atoms with Crippen LogP contribution in [0.25, 0.3) is 0 Å². The maximum Gasteiger partial charge on any atom is 0.200 e. The summed E-state index contributed by atoms with van der Waals surface area (Å²) in [5.74, 6) is -1.68. The zero-order valence-corrected chi connectivity index (χ0v) is 11.8. The fraction of sp³-hybridized carbons (Fsp3) is 0.308. The van der Waals surface area contributed by atoms with E-state index < -0.39 is 17.7 Å². The van der Waals surface area contributed by atoms with Gasteiger partial charge in [-0.2, -0.15) is 4.39 Å². The standard InChI is InChI=1S/C13H12ClF2NOS/c1-2-10(13-17-8(6-14)7-19-13)18-11-5-3-4-9(15)12(11)16/h3-5,7,10H,2,6H2,1H3. The van der Waals surface area contributed by atoms with Gasteiger partial charge in [-0.05, 0) is 18.6 Å². The Kier molecular flexibility index (Phi) is 4.71. The largest absolute Gasteiger partial charge is 0.480 e. The highest BCUT2D eigenvalue weighted by Gasteiger charge is 2.18. The van der Waals surface area contributed by atoms with E-state index in [2.05, 4.69) is 4.98 Å². The molecule has 0 radical (unpaired) electrons. The van der Waals surface area contributed by atoms with Gasteiger partial charge in [0.2, 0.25) is 5.82 Å². The number of rotatable bonds is 5. The van der Waals surface area contributed by atoms with Gasteiger partial charge in [0.1, 0.15) is 11.1 Å². The van der Waals surface area contributed by atoms with E-state index in [-0.39, 0.29) is 5.75 Å². The van der Waals surface area contributed by atoms with Crippen LogP contribution in [0, 0.1) is 11.6 Å². The molecule has 1 heterocycles. The van der Waals surface area contributed by atoms with Crippen molar-refractivity contribution in [1.29, 1.82) is 0 Å². The molecule has 1 atom stereocenters. The van der Waals surface area contributed by atoms with Crippen LogP contribution in [0.15, 0.2) is 23.6 Å². The maximum atomic E-state index is 13.5. The second kappa shape index (κ2) is 6.30. The Balaban J connectivity index is 2.21. The number of thiazole rings is 1. The number of alkyl halides is 1. The Labute approximate surface area is 119 Å². The molecule has 2 nitrogen and oxygen atoms in total. The Morgan fingerprint density at radius 2 is 2.21 bits per heavy atom. The van der Waals surface area contributed by atoms with Crippen molar-refractivity contribution in [3.8, 4) is 5.75 Å². The molecule has 2 rings (SSSR count). The Bertz CT molecular complexity index is 561. The lowest BCUT2D eigenvalue weighted by molar-refractivity contribution is 0.189. The van der Waals surface area contributed by atoms with Crippen LogP contribution in [-0.2, 0) is 5.88 Å². The lowest BCUT2D eigenvalue weighted by Crippen LogP contribution is -2.08. The van der Waals surface area contributed by atoms with Crippen LogP contribution >= 0.6 is 22.9 Å². The number of nitrogens with zero attached hydrogens (tertiary/aromatic N) is 1. The fourth-order valence-electron chi connectivity index (χ4n) is 1.57. The minimum Gasteiger partial charge on any atom is -0.480 e. The molecule has 1 aromatic carbocycles. The van der Waals surface area contributed by atoms with Crippen LogP contribution in [0.2, 0.25) is 0 Å². The summed E-state index contributed by atoms with van der Waals surface area (Å²) in [5, 5.41) is 2.54. The van der Waals surface area contributed by atoms with Crippen molar-refractivity contribution in [3.05, 3.63) is 45.9 Å². The van der Waals surface area contributed by atoms with E-state index in [9.17, 15) is 8.78 Å². The fourth-order valence-corrected chi connectivity index (χ4v) is 2.73. The van der Waals surface area contributed by atoms with Crippen molar-refractivity contribution in [2.45, 2.75) is 25.3 Å². The molecule has 2 aromatic rings. The first-order chi connectivity index (χ1) is 9.15. The monoisotopic (exact) mass is 303 g/mol. The third-order valence-electron chi connectivity index (χ3n) is 2.54. The number of aromatic nitrogens is 1. The predicted octanol–water partition coefficient (Wildman–Crippen LogP) is 4.69. The van der Waals surface area contributed by atoms with Crippen molar-refractivity contribution in [2.75, 3.05) is 0 Å². The summed E-state index contributed by atoms with van der Waals surface area (Å²) < 4.78 is 32.2. The van der Waals surface area contributed by atoms with Crippen LogP contribution in [0.3, 0.4) is 0 Å². The molecular formula is C13H12ClF2NOS. The summed E-state index contributed by atoms with van der Waals surface area (Å²) in [4.78, 5) is 4.29. The molecule has 102 valence electrons. The molecule has 0 bridgehead atoms. The molecule has 0 saturated heterocycles. The molecule has 0 aliphatic carbocycles. The molecule has 0 amide bonds. The number of halogens is 3. The molecule has 19 heavy (non-hydrogen) atoms. The van der Waals surface area contributed by atoms with Crippen LogP contribution in [0.4, 0.5) is 8.78 Å². The Hall–Kier alpha value is -1.20. The summed E-state index contributed by atoms with van der Waals surface area (Å²) in [5.41, 5.74) is 0.753. The third kappa shape index (κ3) is 3.22. The van der Waals surface area contributed by atoms with Gasteiger partial charge in [-0.15, -0.1) is 22.9 Å². The van der Waals surface area contributed by atoms with Crippen molar-refractivity contribution < 1.29 is 13.5 Å². The SMILES string of the molecule is CCC(Oc1cccc(F)c1F)c1nc(CCl)cs1. The quantitative estimate of drug-likeness (QED) is 0.748. The molecule has 0 fully saturated rings. The van der Waals surface area contributed by atoms with Gasteiger partial charge in [0.15, 0.2) is 11.6 Å². The van der Waals surface area contributed by atoms with Gasteiger partial charge in [-0.1, -0.05) is 13.0 Å². The minimum absolute atomic E-state index is 0.102. The zero-order chi connectivity index (χ0) is 13.8. The van der Waals surface area contributed by atoms with E-state index in [4.69, 9.17) is 16.3 Å². The van der Waals surface area contributed by atoms with Crippen molar-refractivity contribution in [3.63, 3.8) is 0 Å². The first-order valence-corrected chi connectivity index (χ1v) is 7.18. The molecule has 1 unspecified atom stereocenters. The topological polar surface area (TPSA) is 22.1 Å². The second-order valence-electron chi connectivity index (χ2n) is 3.88. The van der Waals surface area contributed by atoms with Gasteiger partial charge in [0, 0.05) is 5.38 Å². The highest BCUT2D eigenvalue weighted by atomic mass is 35.5. The molecule has 0 aliphatic heterocycles. The van der Waals surface area contributed by atoms with Gasteiger partial charge in [-0.25, -0.2) is 9.37 Å². The van der Waals surface area contributed by atoms with Crippen molar-refractivity contribution in [2.24, 2.45) is 0 Å². The molecule has 0 saturated carbocycles. The number of hydrogen-bond acceptors (Lipinski definition) is 3. The van der Waals surface area contributed by atoms with Crippen LogP contribution in [0.1, 0.15) is 30.2 Å². The molecule has 0 aliphatic rings. The third-order valence-corrected chi connectivity index (χ3v) is 3.80. The first-order valence-electron chi connectivity index (χ1n) is 5.76. The van der Waals surface area contributed by atoms with E-state index in [0.717, 1.165) is 11.8 Å². The van der Waals surface area contributed by atoms with Gasteiger partial charge in [-0.3, -0.25) is 0 Å². The van der Waals surface area contributed by atoms with E-state index in [1.54, 1.807) is 0 Å². The zero-order valence-electron chi connectivity index (χ0n) is 10.2. The van der Waals surface area contributed by atoms with E-state index in [0.29, 0.717) is 17.3 Å². The Morgan fingerprint density at radius 3 is 2.84 bits per heavy atom. The lowest BCUT2D eigenvalue weighted by atomic mass is 10.2. The predicted molar refractivity (Wildman–Crippen MR) is 71.7 cm³/mol. The van der Waals surface area contributed by atoms with Crippen molar-refractivity contribution >= 4 is 22.9 Å². The average molecular weight is 304 g/mol.